The maximum atomic E-state index is 11.3. The monoisotopic (exact) mass is 327 g/mol. The first-order valence-electron chi connectivity index (χ1n) is 5.84. The predicted octanol–water partition coefficient (Wildman–Crippen LogP) is 2.32. The van der Waals surface area contributed by atoms with Crippen molar-refractivity contribution in [3.63, 3.8) is 0 Å². The zero-order valence-corrected chi connectivity index (χ0v) is 12.7. The van der Waals surface area contributed by atoms with E-state index in [-0.39, 0.29) is 10.6 Å². The molecule has 2 rings (SSSR count). The van der Waals surface area contributed by atoms with Crippen molar-refractivity contribution in [3.8, 4) is 5.75 Å². The summed E-state index contributed by atoms with van der Waals surface area (Å²) in [5.41, 5.74) is 7.17. The minimum absolute atomic E-state index is 0.0534. The lowest BCUT2D eigenvalue weighted by Crippen LogP contribution is -2.12. The summed E-state index contributed by atoms with van der Waals surface area (Å²) in [5, 5.41) is 8.55. The van der Waals surface area contributed by atoms with Crippen LogP contribution in [0.4, 0.5) is 17.1 Å². The Hall–Kier alpha value is -1.96. The van der Waals surface area contributed by atoms with Gasteiger partial charge in [-0.05, 0) is 30.3 Å². The Morgan fingerprint density at radius 3 is 2.43 bits per heavy atom. The van der Waals surface area contributed by atoms with Crippen LogP contribution in [0.15, 0.2) is 41.3 Å². The van der Waals surface area contributed by atoms with Gasteiger partial charge in [-0.25, -0.2) is 13.6 Å². The van der Waals surface area contributed by atoms with Gasteiger partial charge in [0.15, 0.2) is 0 Å². The number of primary sulfonamides is 1. The molecule has 0 bridgehead atoms. The second kappa shape index (κ2) is 5.80. The molecular weight excluding hydrogens is 314 g/mol. The Kier molecular flexibility index (Phi) is 4.26. The van der Waals surface area contributed by atoms with Gasteiger partial charge in [0.05, 0.1) is 34.1 Å². The largest absolute Gasteiger partial charge is 0.497 e. The van der Waals surface area contributed by atoms with Crippen LogP contribution in [0.25, 0.3) is 0 Å². The number of rotatable bonds is 4. The summed E-state index contributed by atoms with van der Waals surface area (Å²) in [5.74, 6) is 0.627. The number of hydrogen-bond acceptors (Lipinski definition) is 5. The summed E-state index contributed by atoms with van der Waals surface area (Å²) in [7, 11) is -2.24. The fraction of sp³-hybridized carbons (Fsp3) is 0.0769. The predicted molar refractivity (Wildman–Crippen MR) is 83.5 cm³/mol. The Bertz CT molecular complexity index is 778. The molecule has 6 nitrogen and oxygen atoms in total. The molecule has 5 N–H and O–H groups in total. The molecule has 8 heteroatoms. The third kappa shape index (κ3) is 3.57. The van der Waals surface area contributed by atoms with E-state index >= 15 is 0 Å². The van der Waals surface area contributed by atoms with Crippen LogP contribution in [0.2, 0.25) is 5.02 Å². The zero-order valence-electron chi connectivity index (χ0n) is 11.1. The third-order valence-electron chi connectivity index (χ3n) is 2.79. The van der Waals surface area contributed by atoms with Gasteiger partial charge >= 0.3 is 0 Å². The van der Waals surface area contributed by atoms with Gasteiger partial charge in [0.1, 0.15) is 5.75 Å². The van der Waals surface area contributed by atoms with Crippen LogP contribution in [0, 0.1) is 0 Å². The molecule has 0 unspecified atom stereocenters. The molecule has 0 amide bonds. The van der Waals surface area contributed by atoms with Crippen LogP contribution < -0.4 is 20.9 Å². The number of nitrogens with one attached hydrogen (secondary N) is 1. The standard InChI is InChI=1S/C13H14ClN3O3S/c1-20-8-2-4-10(14)13(6-8)17-12-5-3-9(7-11(12)15)21(16,18)19/h2-7,17H,15H2,1H3,(H2,16,18,19). The van der Waals surface area contributed by atoms with Crippen molar-refractivity contribution in [2.75, 3.05) is 18.2 Å². The molecule has 0 saturated heterocycles. The van der Waals surface area contributed by atoms with Gasteiger partial charge in [-0.3, -0.25) is 0 Å². The summed E-state index contributed by atoms with van der Waals surface area (Å²) in [4.78, 5) is -0.0534. The van der Waals surface area contributed by atoms with E-state index in [2.05, 4.69) is 5.32 Å². The highest BCUT2D eigenvalue weighted by molar-refractivity contribution is 7.89. The van der Waals surface area contributed by atoms with Gasteiger partial charge in [-0.1, -0.05) is 11.6 Å². The molecule has 0 aliphatic rings. The number of halogens is 1. The summed E-state index contributed by atoms with van der Waals surface area (Å²) in [6.45, 7) is 0. The second-order valence-electron chi connectivity index (χ2n) is 4.26. The normalized spacial score (nSPS) is 11.2. The molecule has 0 radical (unpaired) electrons. The number of sulfonamides is 1. The molecule has 2 aromatic rings. The highest BCUT2D eigenvalue weighted by Crippen LogP contribution is 2.32. The molecule has 0 aliphatic heterocycles. The molecule has 2 aromatic carbocycles. The topological polar surface area (TPSA) is 107 Å². The molecule has 0 saturated carbocycles. The van der Waals surface area contributed by atoms with Crippen molar-refractivity contribution in [1.82, 2.24) is 0 Å². The maximum Gasteiger partial charge on any atom is 0.238 e. The third-order valence-corrected chi connectivity index (χ3v) is 4.04. The maximum absolute atomic E-state index is 11.3. The van der Waals surface area contributed by atoms with Crippen molar-refractivity contribution < 1.29 is 13.2 Å². The minimum atomic E-state index is -3.79. The lowest BCUT2D eigenvalue weighted by Gasteiger charge is -2.12. The summed E-state index contributed by atoms with van der Waals surface area (Å²) < 4.78 is 27.6. The molecule has 112 valence electrons. The van der Waals surface area contributed by atoms with Crippen LogP contribution in [0.3, 0.4) is 0 Å². The molecule has 0 heterocycles. The average molecular weight is 328 g/mol. The average Bonchev–Trinajstić information content (AvgIpc) is 2.42. The number of nitrogen functional groups attached to an aromatic ring is 1. The minimum Gasteiger partial charge on any atom is -0.497 e. The van der Waals surface area contributed by atoms with E-state index in [0.717, 1.165) is 0 Å². The van der Waals surface area contributed by atoms with Crippen LogP contribution >= 0.6 is 11.6 Å². The molecule has 0 spiro atoms. The number of hydrogen-bond donors (Lipinski definition) is 3. The van der Waals surface area contributed by atoms with E-state index in [1.807, 2.05) is 0 Å². The van der Waals surface area contributed by atoms with Crippen molar-refractivity contribution in [2.24, 2.45) is 5.14 Å². The number of ether oxygens (including phenoxy) is 1. The van der Waals surface area contributed by atoms with Crippen LogP contribution in [-0.2, 0) is 10.0 Å². The van der Waals surface area contributed by atoms with Gasteiger partial charge in [-0.2, -0.15) is 0 Å². The quantitative estimate of drug-likeness (QED) is 0.747. The summed E-state index contributed by atoms with van der Waals surface area (Å²) in [6.07, 6.45) is 0. The van der Waals surface area contributed by atoms with Crippen molar-refractivity contribution in [1.29, 1.82) is 0 Å². The highest BCUT2D eigenvalue weighted by Gasteiger charge is 2.11. The molecule has 0 aliphatic carbocycles. The van der Waals surface area contributed by atoms with E-state index in [0.29, 0.717) is 22.1 Å². The number of anilines is 3. The van der Waals surface area contributed by atoms with E-state index in [4.69, 9.17) is 27.2 Å². The highest BCUT2D eigenvalue weighted by atomic mass is 35.5. The molecule has 0 atom stereocenters. The Morgan fingerprint density at radius 1 is 1.14 bits per heavy atom. The van der Waals surface area contributed by atoms with Gasteiger partial charge < -0.3 is 15.8 Å². The van der Waals surface area contributed by atoms with Gasteiger partial charge in [0.25, 0.3) is 0 Å². The smallest absolute Gasteiger partial charge is 0.238 e. The lowest BCUT2D eigenvalue weighted by atomic mass is 10.2. The first kappa shape index (κ1) is 15.4. The van der Waals surface area contributed by atoms with E-state index in [9.17, 15) is 8.42 Å². The fourth-order valence-corrected chi connectivity index (χ4v) is 2.42. The SMILES string of the molecule is COc1ccc(Cl)c(Nc2ccc(S(N)(=O)=O)cc2N)c1. The van der Waals surface area contributed by atoms with Gasteiger partial charge in [0.2, 0.25) is 10.0 Å². The number of benzene rings is 2. The van der Waals surface area contributed by atoms with E-state index in [1.54, 1.807) is 25.3 Å². The number of nitrogens with two attached hydrogens (primary N) is 2. The first-order chi connectivity index (χ1) is 9.81. The Balaban J connectivity index is 2.36. The molecular formula is C13H14ClN3O3S. The molecule has 0 fully saturated rings. The summed E-state index contributed by atoms with van der Waals surface area (Å²) >= 11 is 6.08. The zero-order chi connectivity index (χ0) is 15.6. The second-order valence-corrected chi connectivity index (χ2v) is 6.23. The van der Waals surface area contributed by atoms with Crippen LogP contribution in [-0.4, -0.2) is 15.5 Å². The Labute approximate surface area is 127 Å². The first-order valence-corrected chi connectivity index (χ1v) is 7.76. The van der Waals surface area contributed by atoms with Gasteiger partial charge in [-0.15, -0.1) is 0 Å². The van der Waals surface area contributed by atoms with Crippen LogP contribution in [0.5, 0.6) is 5.75 Å². The number of methoxy groups -OCH3 is 1. The fourth-order valence-electron chi connectivity index (χ4n) is 1.70. The van der Waals surface area contributed by atoms with Crippen LogP contribution in [0.1, 0.15) is 0 Å². The molecule has 21 heavy (non-hydrogen) atoms. The van der Waals surface area contributed by atoms with Crippen molar-refractivity contribution in [2.45, 2.75) is 4.90 Å². The van der Waals surface area contributed by atoms with E-state index < -0.39 is 10.0 Å². The van der Waals surface area contributed by atoms with E-state index in [1.165, 1.54) is 18.2 Å². The molecule has 0 aromatic heterocycles. The van der Waals surface area contributed by atoms with Gasteiger partial charge in [0, 0.05) is 6.07 Å². The summed E-state index contributed by atoms with van der Waals surface area (Å²) in [6, 6.07) is 9.27. The van der Waals surface area contributed by atoms with Crippen molar-refractivity contribution in [3.05, 3.63) is 41.4 Å². The van der Waals surface area contributed by atoms with Crippen molar-refractivity contribution >= 4 is 38.7 Å². The Morgan fingerprint density at radius 2 is 1.86 bits per heavy atom. The lowest BCUT2D eigenvalue weighted by molar-refractivity contribution is 0.415.